The Balaban J connectivity index is 2.53. The molecule has 100 valence electrons. The molecule has 0 heterocycles. The van der Waals surface area contributed by atoms with E-state index in [1.807, 2.05) is 19.1 Å². The van der Waals surface area contributed by atoms with Crippen molar-refractivity contribution < 1.29 is 14.3 Å². The van der Waals surface area contributed by atoms with Crippen LogP contribution in [0.5, 0.6) is 5.75 Å². The molecule has 0 radical (unpaired) electrons. The highest BCUT2D eigenvalue weighted by Gasteiger charge is 2.13. The van der Waals surface area contributed by atoms with Crippen LogP contribution in [0.3, 0.4) is 0 Å². The van der Waals surface area contributed by atoms with Gasteiger partial charge in [-0.1, -0.05) is 17.7 Å². The molecule has 1 aromatic rings. The maximum absolute atomic E-state index is 11.1. The van der Waals surface area contributed by atoms with Gasteiger partial charge in [-0.25, -0.2) is 0 Å². The Bertz CT molecular complexity index is 409. The van der Waals surface area contributed by atoms with Crippen molar-refractivity contribution in [1.82, 2.24) is 0 Å². The zero-order valence-electron chi connectivity index (χ0n) is 10.9. The van der Waals surface area contributed by atoms with Crippen molar-refractivity contribution in [1.29, 1.82) is 0 Å². The smallest absolute Gasteiger partial charge is 0.323 e. The van der Waals surface area contributed by atoms with Crippen LogP contribution in [0.1, 0.15) is 11.1 Å². The summed E-state index contributed by atoms with van der Waals surface area (Å²) >= 11 is 1.59. The maximum atomic E-state index is 11.1. The third-order valence-corrected chi connectivity index (χ3v) is 3.60. The Hall–Kier alpha value is -1.20. The summed E-state index contributed by atoms with van der Waals surface area (Å²) in [5.41, 5.74) is 7.96. The molecule has 0 saturated carbocycles. The number of esters is 1. The highest BCUT2D eigenvalue weighted by atomic mass is 32.2. The fourth-order valence-corrected chi connectivity index (χ4v) is 2.49. The largest absolute Gasteiger partial charge is 0.496 e. The molecule has 0 saturated heterocycles. The van der Waals surface area contributed by atoms with Crippen molar-refractivity contribution >= 4 is 17.7 Å². The van der Waals surface area contributed by atoms with Crippen LogP contribution in [0, 0.1) is 6.92 Å². The van der Waals surface area contributed by atoms with Crippen molar-refractivity contribution in [2.45, 2.75) is 18.7 Å². The van der Waals surface area contributed by atoms with E-state index < -0.39 is 6.04 Å². The van der Waals surface area contributed by atoms with Gasteiger partial charge in [0.25, 0.3) is 0 Å². The quantitative estimate of drug-likeness (QED) is 0.797. The summed E-state index contributed by atoms with van der Waals surface area (Å²) in [6.07, 6.45) is 0. The number of thioether (sulfide) groups is 1. The summed E-state index contributed by atoms with van der Waals surface area (Å²) in [5.74, 6) is 1.78. The number of benzene rings is 1. The molecular formula is C13H19NO3S. The third-order valence-electron chi connectivity index (χ3n) is 2.49. The first kappa shape index (κ1) is 14.9. The lowest BCUT2D eigenvalue weighted by molar-refractivity contribution is -0.141. The predicted octanol–water partition coefficient (Wildman–Crippen LogP) is 1.74. The SMILES string of the molecule is COC(=O)C(N)CSCc1cc(C)ccc1OC. The molecule has 0 spiro atoms. The number of hydrogen-bond acceptors (Lipinski definition) is 5. The van der Waals surface area contributed by atoms with Gasteiger partial charge in [-0.2, -0.15) is 11.8 Å². The first-order chi connectivity index (χ1) is 8.58. The summed E-state index contributed by atoms with van der Waals surface area (Å²) in [6, 6.07) is 5.46. The minimum atomic E-state index is -0.573. The van der Waals surface area contributed by atoms with Crippen LogP contribution in [-0.4, -0.2) is 32.0 Å². The standard InChI is InChI=1S/C13H19NO3S/c1-9-4-5-12(16-2)10(6-9)7-18-8-11(14)13(15)17-3/h4-6,11H,7-8,14H2,1-3H3. The Morgan fingerprint density at radius 3 is 2.78 bits per heavy atom. The van der Waals surface area contributed by atoms with E-state index in [0.29, 0.717) is 5.75 Å². The minimum absolute atomic E-state index is 0.376. The highest BCUT2D eigenvalue weighted by Crippen LogP contribution is 2.24. The second-order valence-corrected chi connectivity index (χ2v) is 4.99. The number of rotatable bonds is 6. The number of hydrogen-bond donors (Lipinski definition) is 1. The van der Waals surface area contributed by atoms with Crippen LogP contribution in [0.4, 0.5) is 0 Å². The predicted molar refractivity (Wildman–Crippen MR) is 73.9 cm³/mol. The zero-order valence-corrected chi connectivity index (χ0v) is 11.8. The average molecular weight is 269 g/mol. The van der Waals surface area contributed by atoms with Gasteiger partial charge < -0.3 is 15.2 Å². The summed E-state index contributed by atoms with van der Waals surface area (Å²) < 4.78 is 9.87. The van der Waals surface area contributed by atoms with Crippen molar-refractivity contribution in [2.24, 2.45) is 5.73 Å². The molecule has 0 amide bonds. The Morgan fingerprint density at radius 2 is 2.17 bits per heavy atom. The van der Waals surface area contributed by atoms with Crippen LogP contribution < -0.4 is 10.5 Å². The van der Waals surface area contributed by atoms with Gasteiger partial charge >= 0.3 is 5.97 Å². The fraction of sp³-hybridized carbons (Fsp3) is 0.462. The Labute approximate surface area is 112 Å². The molecule has 0 fully saturated rings. The van der Waals surface area contributed by atoms with Gasteiger partial charge in [0.15, 0.2) is 0 Å². The van der Waals surface area contributed by atoms with Gasteiger partial charge in [0.1, 0.15) is 11.8 Å². The second-order valence-electron chi connectivity index (χ2n) is 3.96. The molecule has 1 aromatic carbocycles. The number of carbonyl (C=O) groups is 1. The molecular weight excluding hydrogens is 250 g/mol. The lowest BCUT2D eigenvalue weighted by Gasteiger charge is -2.11. The first-order valence-corrected chi connectivity index (χ1v) is 6.78. The lowest BCUT2D eigenvalue weighted by atomic mass is 10.1. The highest BCUT2D eigenvalue weighted by molar-refractivity contribution is 7.98. The van der Waals surface area contributed by atoms with Gasteiger partial charge in [-0.15, -0.1) is 0 Å². The maximum Gasteiger partial charge on any atom is 0.323 e. The Kier molecular flexibility index (Phi) is 6.01. The van der Waals surface area contributed by atoms with Crippen LogP contribution in [-0.2, 0) is 15.3 Å². The minimum Gasteiger partial charge on any atom is -0.496 e. The van der Waals surface area contributed by atoms with E-state index >= 15 is 0 Å². The van der Waals surface area contributed by atoms with Crippen LogP contribution in [0.2, 0.25) is 0 Å². The number of ether oxygens (including phenoxy) is 2. The lowest BCUT2D eigenvalue weighted by Crippen LogP contribution is -2.33. The number of nitrogens with two attached hydrogens (primary N) is 1. The molecule has 0 aliphatic rings. The molecule has 18 heavy (non-hydrogen) atoms. The topological polar surface area (TPSA) is 61.5 Å². The summed E-state index contributed by atoms with van der Waals surface area (Å²) in [4.78, 5) is 11.1. The van der Waals surface area contributed by atoms with Gasteiger partial charge in [-0.05, 0) is 13.0 Å². The van der Waals surface area contributed by atoms with E-state index in [-0.39, 0.29) is 5.97 Å². The van der Waals surface area contributed by atoms with Gasteiger partial charge in [0.2, 0.25) is 0 Å². The van der Waals surface area contributed by atoms with Crippen LogP contribution in [0.25, 0.3) is 0 Å². The third kappa shape index (κ3) is 4.23. The first-order valence-electron chi connectivity index (χ1n) is 5.63. The molecule has 0 aromatic heterocycles. The van der Waals surface area contributed by atoms with E-state index in [1.54, 1.807) is 18.9 Å². The van der Waals surface area contributed by atoms with Crippen LogP contribution in [0.15, 0.2) is 18.2 Å². The molecule has 0 aliphatic heterocycles. The van der Waals surface area contributed by atoms with Gasteiger partial charge in [0, 0.05) is 17.1 Å². The molecule has 0 bridgehead atoms. The average Bonchev–Trinajstić information content (AvgIpc) is 2.38. The Morgan fingerprint density at radius 1 is 1.44 bits per heavy atom. The number of methoxy groups -OCH3 is 2. The van der Waals surface area contributed by atoms with E-state index in [2.05, 4.69) is 10.8 Å². The molecule has 1 unspecified atom stereocenters. The molecule has 1 rings (SSSR count). The van der Waals surface area contributed by atoms with E-state index in [1.165, 1.54) is 12.7 Å². The summed E-state index contributed by atoms with van der Waals surface area (Å²) in [6.45, 7) is 2.04. The monoisotopic (exact) mass is 269 g/mol. The van der Waals surface area contributed by atoms with Gasteiger partial charge in [0.05, 0.1) is 14.2 Å². The van der Waals surface area contributed by atoms with Crippen molar-refractivity contribution in [2.75, 3.05) is 20.0 Å². The van der Waals surface area contributed by atoms with E-state index in [9.17, 15) is 4.79 Å². The molecule has 5 heteroatoms. The van der Waals surface area contributed by atoms with Crippen molar-refractivity contribution in [3.63, 3.8) is 0 Å². The molecule has 2 N–H and O–H groups in total. The molecule has 1 atom stereocenters. The number of carbonyl (C=O) groups excluding carboxylic acids is 1. The van der Waals surface area contributed by atoms with Crippen molar-refractivity contribution in [3.8, 4) is 5.75 Å². The van der Waals surface area contributed by atoms with E-state index in [4.69, 9.17) is 10.5 Å². The van der Waals surface area contributed by atoms with Gasteiger partial charge in [-0.3, -0.25) is 4.79 Å². The molecule has 4 nitrogen and oxygen atoms in total. The fourth-order valence-electron chi connectivity index (χ4n) is 1.54. The number of aryl methyl sites for hydroxylation is 1. The second kappa shape index (κ2) is 7.28. The van der Waals surface area contributed by atoms with Crippen molar-refractivity contribution in [3.05, 3.63) is 29.3 Å². The molecule has 0 aliphatic carbocycles. The summed E-state index contributed by atoms with van der Waals surface area (Å²) in [7, 11) is 3.00. The zero-order chi connectivity index (χ0) is 13.5. The summed E-state index contributed by atoms with van der Waals surface area (Å²) in [5, 5.41) is 0. The normalized spacial score (nSPS) is 12.0. The van der Waals surface area contributed by atoms with E-state index in [0.717, 1.165) is 17.1 Å². The van der Waals surface area contributed by atoms with Crippen LogP contribution >= 0.6 is 11.8 Å².